The number of aliphatic hydroxyl groups excluding tert-OH is 1. The van der Waals surface area contributed by atoms with Crippen LogP contribution in [-0.2, 0) is 14.8 Å². The van der Waals surface area contributed by atoms with Crippen molar-refractivity contribution < 1.29 is 18.3 Å². The fraction of sp³-hybridized carbons (Fsp3) is 1.00. The summed E-state index contributed by atoms with van der Waals surface area (Å²) in [6.45, 7) is 8.16. The van der Waals surface area contributed by atoms with E-state index in [-0.39, 0.29) is 18.9 Å². The van der Waals surface area contributed by atoms with Gasteiger partial charge in [0.1, 0.15) is 0 Å². The van der Waals surface area contributed by atoms with Crippen molar-refractivity contribution in [3.05, 3.63) is 0 Å². The number of ether oxygens (including phenoxy) is 1. The van der Waals surface area contributed by atoms with E-state index >= 15 is 0 Å². The van der Waals surface area contributed by atoms with Crippen LogP contribution in [0, 0.1) is 5.92 Å². The molecule has 6 heteroatoms. The number of morpholine rings is 1. The minimum absolute atomic E-state index is 0.153. The van der Waals surface area contributed by atoms with Crippen molar-refractivity contribution in [3.63, 3.8) is 0 Å². The molecule has 1 rings (SSSR count). The van der Waals surface area contributed by atoms with Gasteiger partial charge in [0.2, 0.25) is 10.0 Å². The summed E-state index contributed by atoms with van der Waals surface area (Å²) >= 11 is 0. The van der Waals surface area contributed by atoms with Crippen LogP contribution in [0.2, 0.25) is 0 Å². The molecule has 1 fully saturated rings. The van der Waals surface area contributed by atoms with Gasteiger partial charge in [-0.3, -0.25) is 0 Å². The van der Waals surface area contributed by atoms with Crippen molar-refractivity contribution in [3.8, 4) is 0 Å². The number of sulfonamides is 1. The van der Waals surface area contributed by atoms with E-state index in [4.69, 9.17) is 4.74 Å². The normalized spacial score (nSPS) is 25.6. The van der Waals surface area contributed by atoms with Crippen LogP contribution >= 0.6 is 0 Å². The minimum Gasteiger partial charge on any atom is -0.394 e. The molecule has 0 aromatic heterocycles. The number of hydrogen-bond acceptors (Lipinski definition) is 4. The molecule has 1 unspecified atom stereocenters. The lowest BCUT2D eigenvalue weighted by molar-refractivity contribution is -0.131. The second-order valence-electron chi connectivity index (χ2n) is 5.97. The fourth-order valence-electron chi connectivity index (χ4n) is 2.06. The van der Waals surface area contributed by atoms with Gasteiger partial charge in [0.05, 0.1) is 24.1 Å². The van der Waals surface area contributed by atoms with E-state index in [1.165, 1.54) is 4.31 Å². The lowest BCUT2D eigenvalue weighted by Crippen LogP contribution is -2.55. The highest BCUT2D eigenvalue weighted by Gasteiger charge is 2.38. The lowest BCUT2D eigenvalue weighted by atomic mass is 10.1. The Balaban J connectivity index is 2.74. The van der Waals surface area contributed by atoms with Gasteiger partial charge in [0.15, 0.2) is 0 Å². The smallest absolute Gasteiger partial charge is 0.214 e. The van der Waals surface area contributed by atoms with E-state index in [9.17, 15) is 13.5 Å². The molecule has 1 N–H and O–H groups in total. The van der Waals surface area contributed by atoms with Crippen molar-refractivity contribution in [2.24, 2.45) is 5.92 Å². The second kappa shape index (κ2) is 5.86. The van der Waals surface area contributed by atoms with E-state index in [1.54, 1.807) is 0 Å². The molecule has 0 radical (unpaired) electrons. The Labute approximate surface area is 110 Å². The zero-order valence-electron chi connectivity index (χ0n) is 11.7. The molecule has 0 aromatic carbocycles. The van der Waals surface area contributed by atoms with Gasteiger partial charge >= 0.3 is 0 Å². The van der Waals surface area contributed by atoms with E-state index in [2.05, 4.69) is 0 Å². The number of rotatable bonds is 5. The SMILES string of the molecule is CC(C)CCS(=O)(=O)N1CC(CO)OC(C)(C)C1. The Morgan fingerprint density at radius 1 is 1.44 bits per heavy atom. The molecule has 0 spiro atoms. The van der Waals surface area contributed by atoms with Crippen molar-refractivity contribution in [1.29, 1.82) is 0 Å². The van der Waals surface area contributed by atoms with Crippen molar-refractivity contribution in [2.45, 2.75) is 45.8 Å². The maximum Gasteiger partial charge on any atom is 0.214 e. The first-order valence-electron chi connectivity index (χ1n) is 6.43. The highest BCUT2D eigenvalue weighted by atomic mass is 32.2. The van der Waals surface area contributed by atoms with Crippen LogP contribution in [0.4, 0.5) is 0 Å². The van der Waals surface area contributed by atoms with Crippen molar-refractivity contribution >= 4 is 10.0 Å². The summed E-state index contributed by atoms with van der Waals surface area (Å²) < 4.78 is 31.5. The van der Waals surface area contributed by atoms with Gasteiger partial charge in [-0.25, -0.2) is 8.42 Å². The Hall–Kier alpha value is -0.170. The number of nitrogens with zero attached hydrogens (tertiary/aromatic N) is 1. The van der Waals surface area contributed by atoms with Crippen LogP contribution in [0.1, 0.15) is 34.1 Å². The number of hydrogen-bond donors (Lipinski definition) is 1. The Morgan fingerprint density at radius 3 is 2.56 bits per heavy atom. The van der Waals surface area contributed by atoms with Crippen molar-refractivity contribution in [2.75, 3.05) is 25.4 Å². The van der Waals surface area contributed by atoms with Gasteiger partial charge in [-0.1, -0.05) is 13.8 Å². The van der Waals surface area contributed by atoms with E-state index in [1.807, 2.05) is 27.7 Å². The summed E-state index contributed by atoms with van der Waals surface area (Å²) in [6, 6.07) is 0. The molecule has 18 heavy (non-hydrogen) atoms. The van der Waals surface area contributed by atoms with Gasteiger partial charge < -0.3 is 9.84 Å². The molecule has 1 aliphatic heterocycles. The summed E-state index contributed by atoms with van der Waals surface area (Å²) in [5.41, 5.74) is -0.545. The molecule has 0 aliphatic carbocycles. The third-order valence-corrected chi connectivity index (χ3v) is 4.82. The quantitative estimate of drug-likeness (QED) is 0.809. The van der Waals surface area contributed by atoms with Crippen LogP contribution in [-0.4, -0.2) is 55.0 Å². The molecule has 0 saturated carbocycles. The highest BCUT2D eigenvalue weighted by Crippen LogP contribution is 2.23. The highest BCUT2D eigenvalue weighted by molar-refractivity contribution is 7.89. The van der Waals surface area contributed by atoms with Crippen LogP contribution in [0.25, 0.3) is 0 Å². The average Bonchev–Trinajstić information content (AvgIpc) is 2.24. The van der Waals surface area contributed by atoms with Crippen LogP contribution in [0.15, 0.2) is 0 Å². The second-order valence-corrected chi connectivity index (χ2v) is 8.06. The van der Waals surface area contributed by atoms with Crippen LogP contribution < -0.4 is 0 Å². The summed E-state index contributed by atoms with van der Waals surface area (Å²) in [4.78, 5) is 0. The van der Waals surface area contributed by atoms with Gasteiger partial charge in [0.25, 0.3) is 0 Å². The third-order valence-electron chi connectivity index (χ3n) is 3.00. The topological polar surface area (TPSA) is 66.8 Å². The van der Waals surface area contributed by atoms with Crippen LogP contribution in [0.3, 0.4) is 0 Å². The molecule has 1 atom stereocenters. The monoisotopic (exact) mass is 279 g/mol. The first-order valence-corrected chi connectivity index (χ1v) is 8.04. The third kappa shape index (κ3) is 4.50. The first kappa shape index (κ1) is 15.9. The largest absolute Gasteiger partial charge is 0.394 e. The first-order chi connectivity index (χ1) is 8.16. The summed E-state index contributed by atoms with van der Waals surface area (Å²) in [5, 5.41) is 9.18. The standard InChI is InChI=1S/C12H25NO4S/c1-10(2)5-6-18(15,16)13-7-11(8-14)17-12(3,4)9-13/h10-11,14H,5-9H2,1-4H3. The fourth-order valence-corrected chi connectivity index (χ4v) is 3.99. The molecule has 1 saturated heterocycles. The summed E-state index contributed by atoms with van der Waals surface area (Å²) in [7, 11) is -3.25. The predicted octanol–water partition coefficient (Wildman–Crippen LogP) is 0.834. The molecule has 0 bridgehead atoms. The molecular formula is C12H25NO4S. The van der Waals surface area contributed by atoms with Gasteiger partial charge in [-0.2, -0.15) is 4.31 Å². The maximum absolute atomic E-state index is 12.2. The minimum atomic E-state index is -3.25. The summed E-state index contributed by atoms with van der Waals surface area (Å²) in [5.74, 6) is 0.529. The van der Waals surface area contributed by atoms with E-state index < -0.39 is 21.7 Å². The molecular weight excluding hydrogens is 254 g/mol. The maximum atomic E-state index is 12.2. The molecule has 5 nitrogen and oxygen atoms in total. The molecule has 0 amide bonds. The van der Waals surface area contributed by atoms with Gasteiger partial charge in [-0.05, 0) is 26.2 Å². The van der Waals surface area contributed by atoms with E-state index in [0.29, 0.717) is 18.9 Å². The van der Waals surface area contributed by atoms with Gasteiger partial charge in [0, 0.05) is 13.1 Å². The molecule has 0 aromatic rings. The zero-order valence-corrected chi connectivity index (χ0v) is 12.5. The molecule has 108 valence electrons. The average molecular weight is 279 g/mol. The van der Waals surface area contributed by atoms with Crippen molar-refractivity contribution in [1.82, 2.24) is 4.31 Å². The molecule has 1 heterocycles. The zero-order chi connectivity index (χ0) is 14.0. The van der Waals surface area contributed by atoms with Crippen LogP contribution in [0.5, 0.6) is 0 Å². The predicted molar refractivity (Wildman–Crippen MR) is 70.9 cm³/mol. The molecule has 1 aliphatic rings. The van der Waals surface area contributed by atoms with Gasteiger partial charge in [-0.15, -0.1) is 0 Å². The van der Waals surface area contributed by atoms with E-state index in [0.717, 1.165) is 0 Å². The lowest BCUT2D eigenvalue weighted by Gasteiger charge is -2.41. The number of aliphatic hydroxyl groups is 1. The Morgan fingerprint density at radius 2 is 2.06 bits per heavy atom. The Bertz CT molecular complexity index is 364. The summed E-state index contributed by atoms with van der Waals surface area (Å²) in [6.07, 6.45) is 0.228. The Kier molecular flexibility index (Phi) is 5.17.